The van der Waals surface area contributed by atoms with Crippen molar-refractivity contribution in [1.29, 1.82) is 0 Å². The molecular weight excluding hydrogens is 226 g/mol. The quantitative estimate of drug-likeness (QED) is 0.897. The molecule has 1 aliphatic carbocycles. The lowest BCUT2D eigenvalue weighted by Gasteiger charge is -2.04. The first-order chi connectivity index (χ1) is 8.72. The summed E-state index contributed by atoms with van der Waals surface area (Å²) in [4.78, 5) is 8.93. The van der Waals surface area contributed by atoms with Crippen molar-refractivity contribution in [2.75, 3.05) is 5.73 Å². The van der Waals surface area contributed by atoms with E-state index >= 15 is 0 Å². The van der Waals surface area contributed by atoms with E-state index in [2.05, 4.69) is 21.5 Å². The van der Waals surface area contributed by atoms with E-state index in [-0.39, 0.29) is 0 Å². The van der Waals surface area contributed by atoms with Gasteiger partial charge >= 0.3 is 0 Å². The molecule has 5 heteroatoms. The predicted octanol–water partition coefficient (Wildman–Crippen LogP) is 2.15. The summed E-state index contributed by atoms with van der Waals surface area (Å²) in [7, 11) is 1.98. The maximum atomic E-state index is 6.17. The largest absolute Gasteiger partial charge is 0.383 e. The summed E-state index contributed by atoms with van der Waals surface area (Å²) in [6.45, 7) is 2.15. The van der Waals surface area contributed by atoms with Crippen molar-refractivity contribution in [3.05, 3.63) is 18.3 Å². The van der Waals surface area contributed by atoms with Gasteiger partial charge in [0.2, 0.25) is 0 Å². The second-order valence-electron chi connectivity index (χ2n) is 4.99. The Morgan fingerprint density at radius 1 is 1.44 bits per heavy atom. The van der Waals surface area contributed by atoms with Crippen LogP contribution in [-0.2, 0) is 13.5 Å². The molecule has 2 aromatic rings. The molecule has 0 atom stereocenters. The first-order valence-electron chi connectivity index (χ1n) is 6.55. The van der Waals surface area contributed by atoms with E-state index in [1.165, 1.54) is 12.8 Å². The first kappa shape index (κ1) is 11.3. The van der Waals surface area contributed by atoms with Crippen LogP contribution in [0.25, 0.3) is 11.4 Å². The molecule has 0 saturated heterocycles. The van der Waals surface area contributed by atoms with E-state index in [0.29, 0.717) is 6.04 Å². The average molecular weight is 245 g/mol. The molecule has 0 aliphatic heterocycles. The monoisotopic (exact) mass is 245 g/mol. The Balaban J connectivity index is 2.05. The summed E-state index contributed by atoms with van der Waals surface area (Å²) in [6, 6.07) is 0.596. The van der Waals surface area contributed by atoms with Crippen molar-refractivity contribution in [2.24, 2.45) is 7.05 Å². The van der Waals surface area contributed by atoms with Crippen molar-refractivity contribution >= 4 is 5.82 Å². The Kier molecular flexibility index (Phi) is 2.61. The van der Waals surface area contributed by atoms with Gasteiger partial charge in [0.1, 0.15) is 17.3 Å². The molecule has 0 unspecified atom stereocenters. The van der Waals surface area contributed by atoms with Crippen molar-refractivity contribution < 1.29 is 0 Å². The molecule has 0 spiro atoms. The lowest BCUT2D eigenvalue weighted by Crippen LogP contribution is -2.02. The summed E-state index contributed by atoms with van der Waals surface area (Å²) in [6.07, 6.45) is 8.26. The van der Waals surface area contributed by atoms with Crippen LogP contribution >= 0.6 is 0 Å². The maximum Gasteiger partial charge on any atom is 0.133 e. The number of aryl methyl sites for hydroxylation is 1. The number of hydrogen-bond donors (Lipinski definition) is 1. The van der Waals surface area contributed by atoms with Crippen LogP contribution < -0.4 is 5.73 Å². The van der Waals surface area contributed by atoms with Gasteiger partial charge in [-0.2, -0.15) is 0 Å². The molecule has 0 aromatic carbocycles. The summed E-state index contributed by atoms with van der Waals surface area (Å²) >= 11 is 0. The molecule has 2 heterocycles. The number of rotatable bonds is 4. The standard InChI is InChI=1S/C13H19N5/c1-3-4-11-16-12(13(14)17(11)2)10-7-15-8-18(10)9-5-6-9/h7-9H,3-6,14H2,1-2H3. The normalized spacial score (nSPS) is 15.2. The predicted molar refractivity (Wildman–Crippen MR) is 71.1 cm³/mol. The number of hydrogen-bond acceptors (Lipinski definition) is 3. The molecule has 2 aromatic heterocycles. The highest BCUT2D eigenvalue weighted by molar-refractivity contribution is 5.68. The summed E-state index contributed by atoms with van der Waals surface area (Å²) < 4.78 is 4.19. The lowest BCUT2D eigenvalue weighted by molar-refractivity contribution is 0.745. The van der Waals surface area contributed by atoms with E-state index in [1.807, 2.05) is 24.1 Å². The minimum absolute atomic E-state index is 0.596. The van der Waals surface area contributed by atoms with Gasteiger partial charge in [-0.15, -0.1) is 0 Å². The summed E-state index contributed by atoms with van der Waals surface area (Å²) in [5, 5.41) is 0. The molecule has 0 bridgehead atoms. The molecule has 5 nitrogen and oxygen atoms in total. The fraction of sp³-hybridized carbons (Fsp3) is 0.538. The molecule has 0 radical (unpaired) electrons. The number of nitrogens with two attached hydrogens (primary N) is 1. The second kappa shape index (κ2) is 4.15. The molecule has 1 saturated carbocycles. The minimum Gasteiger partial charge on any atom is -0.383 e. The van der Waals surface area contributed by atoms with Crippen molar-refractivity contribution in [2.45, 2.75) is 38.6 Å². The molecule has 1 aliphatic rings. The van der Waals surface area contributed by atoms with E-state index in [1.54, 1.807) is 0 Å². The summed E-state index contributed by atoms with van der Waals surface area (Å²) in [5.41, 5.74) is 8.10. The van der Waals surface area contributed by atoms with E-state index in [0.717, 1.165) is 35.9 Å². The first-order valence-corrected chi connectivity index (χ1v) is 6.55. The molecule has 1 fully saturated rings. The molecular formula is C13H19N5. The maximum absolute atomic E-state index is 6.17. The van der Waals surface area contributed by atoms with Gasteiger partial charge in [0.25, 0.3) is 0 Å². The highest BCUT2D eigenvalue weighted by Crippen LogP contribution is 2.39. The van der Waals surface area contributed by atoms with Gasteiger partial charge in [0.15, 0.2) is 0 Å². The molecule has 3 rings (SSSR count). The topological polar surface area (TPSA) is 61.7 Å². The molecule has 96 valence electrons. The van der Waals surface area contributed by atoms with Gasteiger partial charge < -0.3 is 14.9 Å². The van der Waals surface area contributed by atoms with E-state index < -0.39 is 0 Å². The van der Waals surface area contributed by atoms with Crippen LogP contribution in [0.2, 0.25) is 0 Å². The Morgan fingerprint density at radius 3 is 2.89 bits per heavy atom. The smallest absolute Gasteiger partial charge is 0.133 e. The Bertz CT molecular complexity index is 562. The third-order valence-electron chi connectivity index (χ3n) is 3.55. The number of anilines is 1. The highest BCUT2D eigenvalue weighted by Gasteiger charge is 2.27. The van der Waals surface area contributed by atoms with E-state index in [4.69, 9.17) is 5.73 Å². The van der Waals surface area contributed by atoms with Gasteiger partial charge in [-0.25, -0.2) is 9.97 Å². The number of nitrogens with zero attached hydrogens (tertiary/aromatic N) is 4. The van der Waals surface area contributed by atoms with Gasteiger partial charge in [0, 0.05) is 19.5 Å². The zero-order valence-electron chi connectivity index (χ0n) is 10.9. The van der Waals surface area contributed by atoms with Crippen LogP contribution in [0.4, 0.5) is 5.82 Å². The summed E-state index contributed by atoms with van der Waals surface area (Å²) in [5.74, 6) is 1.79. The van der Waals surface area contributed by atoms with Crippen molar-refractivity contribution in [3.8, 4) is 11.4 Å². The Hall–Kier alpha value is -1.78. The fourth-order valence-electron chi connectivity index (χ4n) is 2.33. The average Bonchev–Trinajstić information content (AvgIpc) is 3.04. The highest BCUT2D eigenvalue weighted by atomic mass is 15.2. The zero-order valence-corrected chi connectivity index (χ0v) is 10.9. The van der Waals surface area contributed by atoms with Crippen LogP contribution in [0.1, 0.15) is 38.1 Å². The van der Waals surface area contributed by atoms with Gasteiger partial charge in [-0.3, -0.25) is 0 Å². The molecule has 2 N–H and O–H groups in total. The SMILES string of the molecule is CCCc1nc(-c2cncn2C2CC2)c(N)n1C. The van der Waals surface area contributed by atoms with Crippen LogP contribution in [0.3, 0.4) is 0 Å². The van der Waals surface area contributed by atoms with Gasteiger partial charge in [-0.1, -0.05) is 6.92 Å². The number of aromatic nitrogens is 4. The van der Waals surface area contributed by atoms with E-state index in [9.17, 15) is 0 Å². The van der Waals surface area contributed by atoms with Crippen LogP contribution in [0.15, 0.2) is 12.5 Å². The van der Waals surface area contributed by atoms with Crippen molar-refractivity contribution in [1.82, 2.24) is 19.1 Å². The number of nitrogen functional groups attached to an aromatic ring is 1. The number of imidazole rings is 2. The second-order valence-corrected chi connectivity index (χ2v) is 4.99. The Morgan fingerprint density at radius 2 is 2.22 bits per heavy atom. The van der Waals surface area contributed by atoms with Crippen LogP contribution in [0.5, 0.6) is 0 Å². The van der Waals surface area contributed by atoms with Gasteiger partial charge in [0.05, 0.1) is 18.2 Å². The van der Waals surface area contributed by atoms with Crippen LogP contribution in [0, 0.1) is 0 Å². The Labute approximate surface area is 107 Å². The van der Waals surface area contributed by atoms with Crippen LogP contribution in [-0.4, -0.2) is 19.1 Å². The van der Waals surface area contributed by atoms with Crippen molar-refractivity contribution in [3.63, 3.8) is 0 Å². The molecule has 0 amide bonds. The van der Waals surface area contributed by atoms with Gasteiger partial charge in [-0.05, 0) is 19.3 Å². The minimum atomic E-state index is 0.596. The fourth-order valence-corrected chi connectivity index (χ4v) is 2.33. The third kappa shape index (κ3) is 1.70. The molecule has 18 heavy (non-hydrogen) atoms. The zero-order chi connectivity index (χ0) is 12.7. The lowest BCUT2D eigenvalue weighted by atomic mass is 10.3. The third-order valence-corrected chi connectivity index (χ3v) is 3.55.